The van der Waals surface area contributed by atoms with Crippen LogP contribution in [0.4, 0.5) is 18.9 Å². The van der Waals surface area contributed by atoms with Crippen LogP contribution in [0, 0.1) is 0 Å². The van der Waals surface area contributed by atoms with Gasteiger partial charge in [-0.05, 0) is 29.6 Å². The Kier molecular flexibility index (Phi) is 5.40. The number of rotatable bonds is 5. The molecule has 11 heteroatoms. The summed E-state index contributed by atoms with van der Waals surface area (Å²) in [5.74, 6) is -0.985. The first-order valence-corrected chi connectivity index (χ1v) is 8.93. The lowest BCUT2D eigenvalue weighted by Crippen LogP contribution is -2.27. The molecule has 0 unspecified atom stereocenters. The van der Waals surface area contributed by atoms with E-state index in [1.807, 2.05) is 0 Å². The van der Waals surface area contributed by atoms with Gasteiger partial charge in [0.25, 0.3) is 5.91 Å². The van der Waals surface area contributed by atoms with E-state index in [1.54, 1.807) is 0 Å². The fourth-order valence-corrected chi connectivity index (χ4v) is 2.96. The zero-order valence-corrected chi connectivity index (χ0v) is 14.6. The summed E-state index contributed by atoms with van der Waals surface area (Å²) in [7, 11) is -1.56. The molecule has 0 atom stereocenters. The second-order valence-corrected chi connectivity index (χ2v) is 7.64. The van der Waals surface area contributed by atoms with E-state index in [2.05, 4.69) is 5.32 Å². The van der Waals surface area contributed by atoms with Gasteiger partial charge in [-0.15, -0.1) is 11.3 Å². The summed E-state index contributed by atoms with van der Waals surface area (Å²) in [5, 5.41) is 3.73. The summed E-state index contributed by atoms with van der Waals surface area (Å²) < 4.78 is 67.2. The first-order valence-electron chi connectivity index (χ1n) is 6.69. The van der Waals surface area contributed by atoms with Gasteiger partial charge in [-0.2, -0.15) is 25.9 Å². The molecule has 0 radical (unpaired) electrons. The van der Waals surface area contributed by atoms with Gasteiger partial charge in [-0.1, -0.05) is 6.07 Å². The van der Waals surface area contributed by atoms with Gasteiger partial charge in [0, 0.05) is 19.8 Å². The van der Waals surface area contributed by atoms with Crippen molar-refractivity contribution in [1.29, 1.82) is 0 Å². The minimum absolute atomic E-state index is 0.0744. The Labute approximate surface area is 146 Å². The summed E-state index contributed by atoms with van der Waals surface area (Å²) in [4.78, 5) is 12.2. The molecule has 0 fully saturated rings. The smallest absolute Gasteiger partial charge is 0.369 e. The molecule has 1 N–H and O–H groups in total. The number of benzene rings is 1. The lowest BCUT2D eigenvalue weighted by atomic mass is 10.2. The van der Waals surface area contributed by atoms with E-state index in [0.29, 0.717) is 0 Å². The minimum Gasteiger partial charge on any atom is -0.369 e. The molecule has 0 saturated carbocycles. The molecule has 1 aromatic carbocycles. The topological polar surface area (TPSA) is 75.7 Å². The number of amides is 1. The van der Waals surface area contributed by atoms with E-state index in [4.69, 9.17) is 4.18 Å². The van der Waals surface area contributed by atoms with Crippen LogP contribution in [0.15, 0.2) is 35.7 Å². The quantitative estimate of drug-likeness (QED) is 0.845. The van der Waals surface area contributed by atoms with Gasteiger partial charge in [-0.25, -0.2) is 0 Å². The van der Waals surface area contributed by atoms with Gasteiger partial charge in [0.1, 0.15) is 4.88 Å². The fraction of sp³-hybridized carbons (Fsp3) is 0.214. The van der Waals surface area contributed by atoms with E-state index in [1.165, 1.54) is 31.6 Å². The fourth-order valence-electron chi connectivity index (χ4n) is 1.68. The highest BCUT2D eigenvalue weighted by Crippen LogP contribution is 2.32. The number of halogens is 3. The van der Waals surface area contributed by atoms with E-state index >= 15 is 0 Å². The van der Waals surface area contributed by atoms with E-state index in [9.17, 15) is 26.4 Å². The predicted molar refractivity (Wildman–Crippen MR) is 87.0 cm³/mol. The highest BCUT2D eigenvalue weighted by molar-refractivity contribution is 7.84. The third-order valence-electron chi connectivity index (χ3n) is 2.93. The Hall–Kier alpha value is -2.11. The summed E-state index contributed by atoms with van der Waals surface area (Å²) >= 11 is 0.897. The van der Waals surface area contributed by atoms with Gasteiger partial charge in [0.05, 0.1) is 5.56 Å². The molecular weight excluding hydrogens is 381 g/mol. The summed E-state index contributed by atoms with van der Waals surface area (Å²) in [6.07, 6.45) is -4.54. The number of alkyl halides is 3. The largest absolute Gasteiger partial charge is 0.416 e. The molecular formula is C14H13F3N2O4S2. The number of carbonyl (C=O) groups is 1. The Bertz CT molecular complexity index is 876. The summed E-state index contributed by atoms with van der Waals surface area (Å²) in [5.41, 5.74) is -0.988. The van der Waals surface area contributed by atoms with Crippen LogP contribution >= 0.6 is 11.3 Å². The maximum atomic E-state index is 12.7. The molecule has 6 nitrogen and oxygen atoms in total. The number of carbonyl (C=O) groups excluding carboxylic acids is 1. The average molecular weight is 394 g/mol. The third-order valence-corrected chi connectivity index (χ3v) is 5.10. The number of hydrogen-bond acceptors (Lipinski definition) is 5. The van der Waals surface area contributed by atoms with Crippen LogP contribution in [0.5, 0.6) is 5.75 Å². The molecule has 0 aliphatic heterocycles. The molecule has 1 heterocycles. The molecule has 25 heavy (non-hydrogen) atoms. The Morgan fingerprint density at radius 2 is 1.92 bits per heavy atom. The zero-order chi connectivity index (χ0) is 18.8. The number of thiophene rings is 1. The molecule has 0 aliphatic carbocycles. The van der Waals surface area contributed by atoms with Gasteiger partial charge in [-0.3, -0.25) is 4.79 Å². The predicted octanol–water partition coefficient (Wildman–Crippen LogP) is 3.20. The molecule has 0 spiro atoms. The van der Waals surface area contributed by atoms with Gasteiger partial charge >= 0.3 is 16.5 Å². The summed E-state index contributed by atoms with van der Waals surface area (Å²) in [6.45, 7) is 0. The molecule has 1 aromatic heterocycles. The normalized spacial score (nSPS) is 12.2. The molecule has 0 saturated heterocycles. The van der Waals surface area contributed by atoms with Crippen LogP contribution in [0.2, 0.25) is 0 Å². The lowest BCUT2D eigenvalue weighted by Gasteiger charge is -2.13. The van der Waals surface area contributed by atoms with Crippen molar-refractivity contribution in [3.05, 3.63) is 46.2 Å². The van der Waals surface area contributed by atoms with Crippen molar-refractivity contribution in [1.82, 2.24) is 4.31 Å². The number of nitrogens with zero attached hydrogens (tertiary/aromatic N) is 1. The van der Waals surface area contributed by atoms with Gasteiger partial charge < -0.3 is 9.50 Å². The van der Waals surface area contributed by atoms with E-state index in [-0.39, 0.29) is 16.3 Å². The van der Waals surface area contributed by atoms with E-state index in [0.717, 1.165) is 33.8 Å². The SMILES string of the molecule is CN(C)S(=O)(=O)Oc1ccsc1C(=O)Nc1cccc(C(F)(F)F)c1. The Morgan fingerprint density at radius 3 is 2.52 bits per heavy atom. The molecule has 0 aliphatic rings. The van der Waals surface area contributed by atoms with Crippen LogP contribution in [0.1, 0.15) is 15.2 Å². The van der Waals surface area contributed by atoms with Crippen molar-refractivity contribution in [2.75, 3.05) is 19.4 Å². The van der Waals surface area contributed by atoms with Crippen LogP contribution in [-0.2, 0) is 16.5 Å². The van der Waals surface area contributed by atoms with Crippen molar-refractivity contribution in [2.24, 2.45) is 0 Å². The molecule has 2 rings (SSSR count). The first-order chi connectivity index (χ1) is 11.5. The van der Waals surface area contributed by atoms with Crippen molar-refractivity contribution < 1.29 is 30.6 Å². The molecule has 0 bridgehead atoms. The van der Waals surface area contributed by atoms with Crippen LogP contribution in [0.25, 0.3) is 0 Å². The molecule has 2 aromatic rings. The van der Waals surface area contributed by atoms with Crippen molar-refractivity contribution in [2.45, 2.75) is 6.18 Å². The van der Waals surface area contributed by atoms with Crippen LogP contribution in [0.3, 0.4) is 0 Å². The Balaban J connectivity index is 2.22. The second-order valence-electron chi connectivity index (χ2n) is 4.97. The van der Waals surface area contributed by atoms with E-state index < -0.39 is 28.0 Å². The monoisotopic (exact) mass is 394 g/mol. The average Bonchev–Trinajstić information content (AvgIpc) is 2.94. The number of hydrogen-bond donors (Lipinski definition) is 1. The van der Waals surface area contributed by atoms with Crippen molar-refractivity contribution >= 4 is 33.2 Å². The minimum atomic E-state index is -4.54. The lowest BCUT2D eigenvalue weighted by molar-refractivity contribution is -0.137. The number of anilines is 1. The highest BCUT2D eigenvalue weighted by Gasteiger charge is 2.30. The highest BCUT2D eigenvalue weighted by atomic mass is 32.2. The number of nitrogens with one attached hydrogen (secondary N) is 1. The summed E-state index contributed by atoms with van der Waals surface area (Å²) in [6, 6.07) is 5.38. The van der Waals surface area contributed by atoms with Crippen LogP contribution in [-0.4, -0.2) is 32.7 Å². The maximum Gasteiger partial charge on any atom is 0.416 e. The maximum absolute atomic E-state index is 12.7. The van der Waals surface area contributed by atoms with Gasteiger partial charge in [0.2, 0.25) is 0 Å². The van der Waals surface area contributed by atoms with Gasteiger partial charge in [0.15, 0.2) is 5.75 Å². The standard InChI is InChI=1S/C14H13F3N2O4S2/c1-19(2)25(21,22)23-11-6-7-24-12(11)13(20)18-10-5-3-4-9(8-10)14(15,16)17/h3-8H,1-2H3,(H,18,20). The van der Waals surface area contributed by atoms with Crippen molar-refractivity contribution in [3.63, 3.8) is 0 Å². The second kappa shape index (κ2) is 7.02. The zero-order valence-electron chi connectivity index (χ0n) is 13.0. The third kappa shape index (κ3) is 4.71. The van der Waals surface area contributed by atoms with Crippen molar-refractivity contribution in [3.8, 4) is 5.75 Å². The molecule has 136 valence electrons. The Morgan fingerprint density at radius 1 is 1.24 bits per heavy atom. The molecule has 1 amide bonds. The van der Waals surface area contributed by atoms with Crippen LogP contribution < -0.4 is 9.50 Å². The first kappa shape index (κ1) is 19.2.